The summed E-state index contributed by atoms with van der Waals surface area (Å²) in [6.45, 7) is 0. The molecule has 5 heteroatoms. The Bertz CT molecular complexity index is 345. The molecule has 1 fully saturated rings. The second kappa shape index (κ2) is 4.90. The Morgan fingerprint density at radius 1 is 1.73 bits per heavy atom. The highest BCUT2D eigenvalue weighted by Crippen LogP contribution is 2.36. The molecule has 3 nitrogen and oxygen atoms in total. The number of aromatic nitrogens is 1. The summed E-state index contributed by atoms with van der Waals surface area (Å²) in [6, 6.07) is 4.01. The lowest BCUT2D eigenvalue weighted by atomic mass is 10.2. The first-order chi connectivity index (χ1) is 7.31. The van der Waals surface area contributed by atoms with Gasteiger partial charge in [-0.2, -0.15) is 0 Å². The van der Waals surface area contributed by atoms with Gasteiger partial charge in [0.1, 0.15) is 11.7 Å². The van der Waals surface area contributed by atoms with Crippen molar-refractivity contribution < 1.29 is 9.53 Å². The van der Waals surface area contributed by atoms with E-state index in [0.29, 0.717) is 0 Å². The van der Waals surface area contributed by atoms with Gasteiger partial charge < -0.3 is 4.74 Å². The molecule has 1 aliphatic rings. The molecule has 0 spiro atoms. The molecule has 2 atom stereocenters. The van der Waals surface area contributed by atoms with Gasteiger partial charge in [-0.1, -0.05) is 0 Å². The number of hydrogen-bond donors (Lipinski definition) is 0. The molecule has 0 aromatic carbocycles. The van der Waals surface area contributed by atoms with Crippen LogP contribution in [0.15, 0.2) is 29.4 Å². The highest BCUT2D eigenvalue weighted by Gasteiger charge is 2.41. The fraction of sp³-hybridized carbons (Fsp3) is 0.400. The van der Waals surface area contributed by atoms with Crippen LogP contribution in [0, 0.1) is 5.92 Å². The predicted octanol–water partition coefficient (Wildman–Crippen LogP) is 1.51. The molecule has 0 bridgehead atoms. The standard InChI is InChI=1S/C10H12NO2S2/c1-13-10(12)8-6-14-15(7-8)9-3-2-4-11-5-9/h2-5,8H,6-7H2,1H3/q+1. The summed E-state index contributed by atoms with van der Waals surface area (Å²) in [4.78, 5) is 16.7. The molecular weight excluding hydrogens is 230 g/mol. The Kier molecular flexibility index (Phi) is 3.53. The summed E-state index contributed by atoms with van der Waals surface area (Å²) in [5.41, 5.74) is 0. The van der Waals surface area contributed by atoms with E-state index in [-0.39, 0.29) is 21.8 Å². The van der Waals surface area contributed by atoms with Crippen molar-refractivity contribution in [1.82, 2.24) is 4.98 Å². The Morgan fingerprint density at radius 3 is 3.27 bits per heavy atom. The number of carbonyl (C=O) groups is 1. The van der Waals surface area contributed by atoms with Gasteiger partial charge in [-0.25, -0.2) is 0 Å². The van der Waals surface area contributed by atoms with Crippen molar-refractivity contribution in [3.8, 4) is 0 Å². The van der Waals surface area contributed by atoms with E-state index in [1.165, 1.54) is 12.0 Å². The van der Waals surface area contributed by atoms with Crippen LogP contribution in [0.5, 0.6) is 0 Å². The van der Waals surface area contributed by atoms with Crippen LogP contribution < -0.4 is 0 Å². The summed E-state index contributed by atoms with van der Waals surface area (Å²) >= 11 is 0. The molecule has 0 aliphatic carbocycles. The van der Waals surface area contributed by atoms with Crippen molar-refractivity contribution in [2.24, 2.45) is 5.92 Å². The first-order valence-corrected chi connectivity index (χ1v) is 7.53. The van der Waals surface area contributed by atoms with Gasteiger partial charge in [0.15, 0.2) is 4.90 Å². The summed E-state index contributed by atoms with van der Waals surface area (Å²) in [6.07, 6.45) is 3.65. The second-order valence-corrected chi connectivity index (χ2v) is 7.18. The number of rotatable bonds is 2. The van der Waals surface area contributed by atoms with Crippen molar-refractivity contribution in [3.05, 3.63) is 24.5 Å². The van der Waals surface area contributed by atoms with Crippen LogP contribution in [0.4, 0.5) is 0 Å². The zero-order chi connectivity index (χ0) is 10.7. The third-order valence-corrected chi connectivity index (χ3v) is 6.74. The molecule has 1 aromatic heterocycles. The van der Waals surface area contributed by atoms with Gasteiger partial charge in [0.05, 0.1) is 39.8 Å². The third kappa shape index (κ3) is 2.46. The van der Waals surface area contributed by atoms with E-state index in [4.69, 9.17) is 4.74 Å². The molecule has 0 N–H and O–H groups in total. The largest absolute Gasteiger partial charge is 0.469 e. The van der Waals surface area contributed by atoms with Gasteiger partial charge in [0, 0.05) is 6.20 Å². The summed E-state index contributed by atoms with van der Waals surface area (Å²) in [5, 5.41) is 0. The van der Waals surface area contributed by atoms with E-state index in [1.54, 1.807) is 6.20 Å². The molecule has 80 valence electrons. The monoisotopic (exact) mass is 242 g/mol. The number of carbonyl (C=O) groups excluding carboxylic acids is 1. The third-order valence-electron chi connectivity index (χ3n) is 2.20. The molecule has 15 heavy (non-hydrogen) atoms. The van der Waals surface area contributed by atoms with Gasteiger partial charge in [-0.15, -0.1) is 0 Å². The number of ether oxygens (including phenoxy) is 1. The molecule has 1 aromatic rings. The number of methoxy groups -OCH3 is 1. The minimum atomic E-state index is -0.0820. The maximum Gasteiger partial charge on any atom is 0.314 e. The van der Waals surface area contributed by atoms with Crippen molar-refractivity contribution in [2.45, 2.75) is 4.90 Å². The van der Waals surface area contributed by atoms with Gasteiger partial charge in [0.2, 0.25) is 0 Å². The fourth-order valence-electron chi connectivity index (χ4n) is 1.39. The Balaban J connectivity index is 2.02. The predicted molar refractivity (Wildman–Crippen MR) is 62.7 cm³/mol. The number of esters is 1. The zero-order valence-electron chi connectivity index (χ0n) is 8.38. The van der Waals surface area contributed by atoms with Gasteiger partial charge >= 0.3 is 5.97 Å². The van der Waals surface area contributed by atoms with Crippen molar-refractivity contribution in [1.29, 1.82) is 0 Å². The minimum Gasteiger partial charge on any atom is -0.469 e. The fourth-order valence-corrected chi connectivity index (χ4v) is 6.05. The topological polar surface area (TPSA) is 39.2 Å². The highest BCUT2D eigenvalue weighted by molar-refractivity contribution is 8.74. The van der Waals surface area contributed by atoms with E-state index >= 15 is 0 Å². The molecule has 1 aliphatic heterocycles. The summed E-state index contributed by atoms with van der Waals surface area (Å²) in [5.74, 6) is 1.73. The van der Waals surface area contributed by atoms with Crippen LogP contribution in [0.3, 0.4) is 0 Å². The first kappa shape index (κ1) is 10.8. The van der Waals surface area contributed by atoms with E-state index in [9.17, 15) is 4.79 Å². The van der Waals surface area contributed by atoms with Crippen LogP contribution in [0.25, 0.3) is 0 Å². The van der Waals surface area contributed by atoms with Crippen molar-refractivity contribution in [3.63, 3.8) is 0 Å². The Hall–Kier alpha value is -0.680. The number of hydrogen-bond acceptors (Lipinski definition) is 4. The average Bonchev–Trinajstić information content (AvgIpc) is 2.78. The summed E-state index contributed by atoms with van der Waals surface area (Å²) < 4.78 is 4.75. The van der Waals surface area contributed by atoms with Crippen molar-refractivity contribution >= 4 is 26.7 Å². The van der Waals surface area contributed by atoms with Crippen LogP contribution in [-0.2, 0) is 19.5 Å². The number of pyridine rings is 1. The lowest BCUT2D eigenvalue weighted by Crippen LogP contribution is -2.19. The molecule has 2 rings (SSSR count). The SMILES string of the molecule is COC(=O)C1CS[S+](c2cccnc2)C1. The Morgan fingerprint density at radius 2 is 2.60 bits per heavy atom. The van der Waals surface area contributed by atoms with E-state index in [1.807, 2.05) is 23.1 Å². The van der Waals surface area contributed by atoms with Gasteiger partial charge in [-0.05, 0) is 12.1 Å². The molecule has 0 radical (unpaired) electrons. The minimum absolute atomic E-state index is 0.0588. The van der Waals surface area contributed by atoms with E-state index in [2.05, 4.69) is 11.1 Å². The van der Waals surface area contributed by atoms with Crippen molar-refractivity contribution in [2.75, 3.05) is 18.6 Å². The lowest BCUT2D eigenvalue weighted by Gasteiger charge is -2.01. The van der Waals surface area contributed by atoms with Gasteiger partial charge in [0.25, 0.3) is 0 Å². The molecule has 2 unspecified atom stereocenters. The highest BCUT2D eigenvalue weighted by atomic mass is 33.1. The maximum absolute atomic E-state index is 11.3. The van der Waals surface area contributed by atoms with Crippen LogP contribution in [-0.4, -0.2) is 29.6 Å². The molecule has 0 saturated carbocycles. The van der Waals surface area contributed by atoms with E-state index < -0.39 is 0 Å². The second-order valence-electron chi connectivity index (χ2n) is 3.21. The Labute approximate surface area is 95.4 Å². The first-order valence-electron chi connectivity index (χ1n) is 4.63. The molecule has 0 amide bonds. The number of nitrogens with zero attached hydrogens (tertiary/aromatic N) is 1. The molecule has 2 heterocycles. The normalized spacial score (nSPS) is 25.1. The zero-order valence-corrected chi connectivity index (χ0v) is 10.0. The molecule has 1 saturated heterocycles. The lowest BCUT2D eigenvalue weighted by molar-refractivity contribution is -0.143. The summed E-state index contributed by atoms with van der Waals surface area (Å²) in [7, 11) is 3.40. The maximum atomic E-state index is 11.3. The quantitative estimate of drug-likeness (QED) is 0.448. The van der Waals surface area contributed by atoms with Crippen LogP contribution in [0.2, 0.25) is 0 Å². The smallest absolute Gasteiger partial charge is 0.314 e. The van der Waals surface area contributed by atoms with E-state index in [0.717, 1.165) is 11.5 Å². The molecular formula is C10H12NO2S2+. The van der Waals surface area contributed by atoms with Crippen LogP contribution in [0.1, 0.15) is 0 Å². The van der Waals surface area contributed by atoms with Crippen LogP contribution >= 0.6 is 10.8 Å². The average molecular weight is 242 g/mol. The van der Waals surface area contributed by atoms with Gasteiger partial charge in [-0.3, -0.25) is 9.78 Å².